The van der Waals surface area contributed by atoms with E-state index in [1.165, 1.54) is 19.3 Å². The molecule has 1 aliphatic rings. The monoisotopic (exact) mass is 213 g/mol. The summed E-state index contributed by atoms with van der Waals surface area (Å²) in [5, 5.41) is 3.49. The minimum atomic E-state index is 0.676. The van der Waals surface area contributed by atoms with Crippen LogP contribution in [-0.2, 0) is 4.74 Å². The van der Waals surface area contributed by atoms with E-state index in [4.69, 9.17) is 4.74 Å². The highest BCUT2D eigenvalue weighted by molar-refractivity contribution is 4.73. The van der Waals surface area contributed by atoms with Crippen LogP contribution in [0.4, 0.5) is 0 Å². The number of nitrogens with one attached hydrogen (secondary N) is 1. The average Bonchev–Trinajstić information content (AvgIpc) is 2.99. The summed E-state index contributed by atoms with van der Waals surface area (Å²) in [7, 11) is 0. The zero-order valence-corrected chi connectivity index (χ0v) is 10.6. The molecule has 1 N–H and O–H groups in total. The van der Waals surface area contributed by atoms with Crippen molar-refractivity contribution < 1.29 is 4.74 Å². The Balaban J connectivity index is 2.05. The SMILES string of the molecule is CCCNCC(COCC1CC1)C(C)C. The fraction of sp³-hybridized carbons (Fsp3) is 1.00. The summed E-state index contributed by atoms with van der Waals surface area (Å²) in [5.41, 5.74) is 0. The lowest BCUT2D eigenvalue weighted by Gasteiger charge is -2.21. The van der Waals surface area contributed by atoms with E-state index < -0.39 is 0 Å². The van der Waals surface area contributed by atoms with Gasteiger partial charge in [-0.15, -0.1) is 0 Å². The molecule has 0 aliphatic heterocycles. The van der Waals surface area contributed by atoms with E-state index in [2.05, 4.69) is 26.1 Å². The van der Waals surface area contributed by atoms with E-state index >= 15 is 0 Å². The van der Waals surface area contributed by atoms with Crippen molar-refractivity contribution in [3.05, 3.63) is 0 Å². The van der Waals surface area contributed by atoms with Gasteiger partial charge < -0.3 is 10.1 Å². The van der Waals surface area contributed by atoms with Gasteiger partial charge in [0.15, 0.2) is 0 Å². The summed E-state index contributed by atoms with van der Waals surface area (Å²) >= 11 is 0. The van der Waals surface area contributed by atoms with Crippen molar-refractivity contribution in [2.75, 3.05) is 26.3 Å². The van der Waals surface area contributed by atoms with Gasteiger partial charge in [0.1, 0.15) is 0 Å². The van der Waals surface area contributed by atoms with Crippen molar-refractivity contribution >= 4 is 0 Å². The van der Waals surface area contributed by atoms with Gasteiger partial charge >= 0.3 is 0 Å². The first-order valence-corrected chi connectivity index (χ1v) is 6.52. The molecule has 15 heavy (non-hydrogen) atoms. The molecule has 0 saturated heterocycles. The minimum Gasteiger partial charge on any atom is -0.381 e. The van der Waals surface area contributed by atoms with Gasteiger partial charge in [-0.05, 0) is 43.6 Å². The van der Waals surface area contributed by atoms with Crippen LogP contribution in [0.1, 0.15) is 40.0 Å². The maximum absolute atomic E-state index is 5.77. The number of ether oxygens (including phenoxy) is 1. The molecule has 0 aromatic carbocycles. The van der Waals surface area contributed by atoms with Crippen LogP contribution >= 0.6 is 0 Å². The van der Waals surface area contributed by atoms with Gasteiger partial charge in [0, 0.05) is 13.2 Å². The molecule has 0 heterocycles. The normalized spacial score (nSPS) is 18.4. The van der Waals surface area contributed by atoms with Gasteiger partial charge in [-0.25, -0.2) is 0 Å². The lowest BCUT2D eigenvalue weighted by molar-refractivity contribution is 0.0756. The first-order valence-electron chi connectivity index (χ1n) is 6.52. The molecule has 1 aliphatic carbocycles. The predicted molar refractivity (Wildman–Crippen MR) is 65.0 cm³/mol. The number of hydrogen-bond donors (Lipinski definition) is 1. The quantitative estimate of drug-likeness (QED) is 0.595. The molecule has 0 radical (unpaired) electrons. The summed E-state index contributed by atoms with van der Waals surface area (Å²) in [6, 6.07) is 0. The summed E-state index contributed by atoms with van der Waals surface area (Å²) in [4.78, 5) is 0. The highest BCUT2D eigenvalue weighted by Crippen LogP contribution is 2.29. The Bertz CT molecular complexity index is 155. The van der Waals surface area contributed by atoms with Gasteiger partial charge in [-0.3, -0.25) is 0 Å². The van der Waals surface area contributed by atoms with E-state index in [9.17, 15) is 0 Å². The van der Waals surface area contributed by atoms with Crippen molar-refractivity contribution in [2.45, 2.75) is 40.0 Å². The molecule has 0 bridgehead atoms. The van der Waals surface area contributed by atoms with Crippen LogP contribution in [0.2, 0.25) is 0 Å². The van der Waals surface area contributed by atoms with Crippen LogP contribution in [0.5, 0.6) is 0 Å². The van der Waals surface area contributed by atoms with Crippen LogP contribution < -0.4 is 5.32 Å². The van der Waals surface area contributed by atoms with Gasteiger partial charge in [0.25, 0.3) is 0 Å². The summed E-state index contributed by atoms with van der Waals surface area (Å²) in [5.74, 6) is 2.28. The van der Waals surface area contributed by atoms with Crippen LogP contribution in [-0.4, -0.2) is 26.3 Å². The summed E-state index contributed by atoms with van der Waals surface area (Å²) in [6.07, 6.45) is 3.99. The van der Waals surface area contributed by atoms with Gasteiger partial charge in [0.05, 0.1) is 6.61 Å². The average molecular weight is 213 g/mol. The topological polar surface area (TPSA) is 21.3 Å². The zero-order chi connectivity index (χ0) is 11.1. The molecule has 2 heteroatoms. The molecule has 0 spiro atoms. The molecule has 1 atom stereocenters. The summed E-state index contributed by atoms with van der Waals surface area (Å²) < 4.78 is 5.77. The van der Waals surface area contributed by atoms with E-state index in [0.29, 0.717) is 11.8 Å². The van der Waals surface area contributed by atoms with Crippen LogP contribution in [0.25, 0.3) is 0 Å². The lowest BCUT2D eigenvalue weighted by atomic mass is 9.97. The molecule has 1 saturated carbocycles. The maximum Gasteiger partial charge on any atom is 0.0509 e. The van der Waals surface area contributed by atoms with Crippen molar-refractivity contribution in [3.63, 3.8) is 0 Å². The number of hydrogen-bond acceptors (Lipinski definition) is 2. The van der Waals surface area contributed by atoms with E-state index in [-0.39, 0.29) is 0 Å². The summed E-state index contributed by atoms with van der Waals surface area (Å²) in [6.45, 7) is 11.0. The van der Waals surface area contributed by atoms with Gasteiger partial charge in [0.2, 0.25) is 0 Å². The third-order valence-electron chi connectivity index (χ3n) is 3.16. The fourth-order valence-electron chi connectivity index (χ4n) is 1.62. The highest BCUT2D eigenvalue weighted by Gasteiger charge is 2.22. The smallest absolute Gasteiger partial charge is 0.0509 e. The molecular weight excluding hydrogens is 186 g/mol. The molecule has 0 aromatic rings. The Kier molecular flexibility index (Phi) is 6.26. The van der Waals surface area contributed by atoms with Crippen molar-refractivity contribution in [2.24, 2.45) is 17.8 Å². The van der Waals surface area contributed by atoms with Crippen LogP contribution in [0.3, 0.4) is 0 Å². The maximum atomic E-state index is 5.77. The Labute approximate surface area is 94.8 Å². The van der Waals surface area contributed by atoms with Gasteiger partial charge in [-0.2, -0.15) is 0 Å². The molecule has 2 nitrogen and oxygen atoms in total. The molecular formula is C13H27NO. The first-order chi connectivity index (χ1) is 7.24. The van der Waals surface area contributed by atoms with Crippen molar-refractivity contribution in [3.8, 4) is 0 Å². The first kappa shape index (κ1) is 13.0. The van der Waals surface area contributed by atoms with E-state index in [0.717, 1.165) is 32.2 Å². The Morgan fingerprint density at radius 2 is 2.07 bits per heavy atom. The zero-order valence-electron chi connectivity index (χ0n) is 10.6. The largest absolute Gasteiger partial charge is 0.381 e. The number of rotatable bonds is 9. The second-order valence-electron chi connectivity index (χ2n) is 5.19. The van der Waals surface area contributed by atoms with Crippen molar-refractivity contribution in [1.82, 2.24) is 5.32 Å². The minimum absolute atomic E-state index is 0.676. The molecule has 0 aromatic heterocycles. The second kappa shape index (κ2) is 7.24. The highest BCUT2D eigenvalue weighted by atomic mass is 16.5. The Morgan fingerprint density at radius 1 is 1.33 bits per heavy atom. The third-order valence-corrected chi connectivity index (χ3v) is 3.16. The second-order valence-corrected chi connectivity index (χ2v) is 5.19. The molecule has 1 unspecified atom stereocenters. The molecule has 1 fully saturated rings. The molecule has 90 valence electrons. The Hall–Kier alpha value is -0.0800. The van der Waals surface area contributed by atoms with Crippen molar-refractivity contribution in [1.29, 1.82) is 0 Å². The predicted octanol–water partition coefficient (Wildman–Crippen LogP) is 2.68. The van der Waals surface area contributed by atoms with Gasteiger partial charge in [-0.1, -0.05) is 20.8 Å². The van der Waals surface area contributed by atoms with E-state index in [1.807, 2.05) is 0 Å². The lowest BCUT2D eigenvalue weighted by Crippen LogP contribution is -2.30. The molecule has 1 rings (SSSR count). The van der Waals surface area contributed by atoms with Crippen LogP contribution in [0, 0.1) is 17.8 Å². The fourth-order valence-corrected chi connectivity index (χ4v) is 1.62. The molecule has 0 amide bonds. The van der Waals surface area contributed by atoms with Crippen LogP contribution in [0.15, 0.2) is 0 Å². The Morgan fingerprint density at radius 3 is 2.60 bits per heavy atom. The standard InChI is InChI=1S/C13H27NO/c1-4-7-14-8-13(11(2)3)10-15-9-12-5-6-12/h11-14H,4-10H2,1-3H3. The van der Waals surface area contributed by atoms with E-state index in [1.54, 1.807) is 0 Å². The third kappa shape index (κ3) is 6.16.